The maximum atomic E-state index is 13.1. The summed E-state index contributed by atoms with van der Waals surface area (Å²) in [5.41, 5.74) is 1.43. The number of carboxylic acids is 1. The topological polar surface area (TPSA) is 88.5 Å². The fraction of sp³-hybridized carbons (Fsp3) is 0.389. The molecule has 2 fully saturated rings. The number of fused-ring (bicyclic) bond motifs is 2. The number of hydrogen-bond donors (Lipinski definition) is 2. The number of anilines is 1. The first-order valence-corrected chi connectivity index (χ1v) is 9.18. The van der Waals surface area contributed by atoms with Crippen LogP contribution in [0.5, 0.6) is 0 Å². The van der Waals surface area contributed by atoms with Gasteiger partial charge in [-0.25, -0.2) is 9.37 Å². The van der Waals surface area contributed by atoms with Crippen molar-refractivity contribution in [3.63, 3.8) is 0 Å². The number of aryl methyl sites for hydroxylation is 1. The van der Waals surface area contributed by atoms with Crippen molar-refractivity contribution in [2.45, 2.75) is 32.0 Å². The molecule has 2 N–H and O–H groups in total. The van der Waals surface area contributed by atoms with E-state index in [1.807, 2.05) is 6.92 Å². The van der Waals surface area contributed by atoms with E-state index in [9.17, 15) is 19.1 Å². The molecule has 4 atom stereocenters. The molecule has 0 aliphatic carbocycles. The van der Waals surface area contributed by atoms with Crippen molar-refractivity contribution in [2.24, 2.45) is 11.8 Å². The minimum Gasteiger partial charge on any atom is -0.481 e. The molecule has 0 spiro atoms. The minimum absolute atomic E-state index is 0.328. The second-order valence-electron chi connectivity index (χ2n) is 6.60. The van der Waals surface area contributed by atoms with Crippen LogP contribution in [0.25, 0.3) is 11.3 Å². The van der Waals surface area contributed by atoms with Crippen molar-refractivity contribution in [3.05, 3.63) is 35.0 Å². The van der Waals surface area contributed by atoms with Crippen LogP contribution in [0.4, 0.5) is 9.52 Å². The van der Waals surface area contributed by atoms with Gasteiger partial charge in [0.2, 0.25) is 5.91 Å². The van der Waals surface area contributed by atoms with Gasteiger partial charge in [0.25, 0.3) is 0 Å². The molecule has 1 aromatic carbocycles. The predicted molar refractivity (Wildman–Crippen MR) is 93.4 cm³/mol. The summed E-state index contributed by atoms with van der Waals surface area (Å²) >= 11 is 1.31. The molecule has 2 bridgehead atoms. The fourth-order valence-corrected chi connectivity index (χ4v) is 4.68. The molecule has 2 aliphatic heterocycles. The molecule has 0 saturated carbocycles. The lowest BCUT2D eigenvalue weighted by molar-refractivity contribution is -0.147. The Morgan fingerprint density at radius 1 is 1.23 bits per heavy atom. The van der Waals surface area contributed by atoms with Gasteiger partial charge in [0.15, 0.2) is 5.13 Å². The number of amides is 1. The summed E-state index contributed by atoms with van der Waals surface area (Å²) in [6, 6.07) is 5.98. The van der Waals surface area contributed by atoms with Crippen molar-refractivity contribution in [1.29, 1.82) is 0 Å². The second kappa shape index (κ2) is 6.44. The quantitative estimate of drug-likeness (QED) is 0.856. The summed E-state index contributed by atoms with van der Waals surface area (Å²) < 4.78 is 18.7. The summed E-state index contributed by atoms with van der Waals surface area (Å²) in [5.74, 6) is -3.22. The lowest BCUT2D eigenvalue weighted by Gasteiger charge is -2.23. The van der Waals surface area contributed by atoms with E-state index in [1.54, 1.807) is 12.1 Å². The number of halogens is 1. The number of hydrogen-bond acceptors (Lipinski definition) is 5. The predicted octanol–water partition coefficient (Wildman–Crippen LogP) is 3.07. The van der Waals surface area contributed by atoms with Gasteiger partial charge >= 0.3 is 5.97 Å². The maximum absolute atomic E-state index is 13.1. The lowest BCUT2D eigenvalue weighted by Crippen LogP contribution is -2.40. The number of nitrogens with one attached hydrogen (secondary N) is 1. The smallest absolute Gasteiger partial charge is 0.310 e. The van der Waals surface area contributed by atoms with Crippen LogP contribution in [0.2, 0.25) is 0 Å². The van der Waals surface area contributed by atoms with E-state index in [0.717, 1.165) is 10.4 Å². The Morgan fingerprint density at radius 3 is 2.54 bits per heavy atom. The van der Waals surface area contributed by atoms with Gasteiger partial charge in [0.1, 0.15) is 5.82 Å². The van der Waals surface area contributed by atoms with Crippen LogP contribution < -0.4 is 5.32 Å². The van der Waals surface area contributed by atoms with E-state index in [1.165, 1.54) is 23.5 Å². The molecule has 1 aromatic heterocycles. The van der Waals surface area contributed by atoms with Crippen LogP contribution in [-0.4, -0.2) is 34.2 Å². The highest BCUT2D eigenvalue weighted by Gasteiger charge is 2.55. The van der Waals surface area contributed by atoms with Gasteiger partial charge in [-0.15, -0.1) is 11.3 Å². The Morgan fingerprint density at radius 2 is 1.88 bits per heavy atom. The molecule has 6 nitrogen and oxygen atoms in total. The normalized spacial score (nSPS) is 26.8. The van der Waals surface area contributed by atoms with Crippen LogP contribution >= 0.6 is 11.3 Å². The molecular weight excluding hydrogens is 359 g/mol. The largest absolute Gasteiger partial charge is 0.481 e. The van der Waals surface area contributed by atoms with E-state index in [2.05, 4.69) is 10.3 Å². The number of carbonyl (C=O) groups excluding carboxylic acids is 1. The first-order chi connectivity index (χ1) is 12.4. The summed E-state index contributed by atoms with van der Waals surface area (Å²) in [5, 5.41) is 12.6. The van der Waals surface area contributed by atoms with E-state index >= 15 is 0 Å². The third-order valence-corrected chi connectivity index (χ3v) is 5.89. The zero-order chi connectivity index (χ0) is 18.4. The maximum Gasteiger partial charge on any atom is 0.310 e. The van der Waals surface area contributed by atoms with Crippen LogP contribution in [0, 0.1) is 24.6 Å². The highest BCUT2D eigenvalue weighted by molar-refractivity contribution is 7.16. The monoisotopic (exact) mass is 376 g/mol. The summed E-state index contributed by atoms with van der Waals surface area (Å²) in [6.07, 6.45) is 0.639. The number of thiazole rings is 1. The van der Waals surface area contributed by atoms with Crippen LogP contribution in [0.1, 0.15) is 17.7 Å². The van der Waals surface area contributed by atoms with Gasteiger partial charge < -0.3 is 15.2 Å². The Labute approximate surface area is 153 Å². The van der Waals surface area contributed by atoms with Crippen LogP contribution in [0.3, 0.4) is 0 Å². The number of benzene rings is 1. The average molecular weight is 376 g/mol. The number of carbonyl (C=O) groups is 2. The Bertz CT molecular complexity index is 867. The average Bonchev–Trinajstić information content (AvgIpc) is 3.29. The number of carboxylic acid groups (broad SMARTS) is 1. The number of aliphatic carboxylic acids is 1. The zero-order valence-electron chi connectivity index (χ0n) is 13.9. The van der Waals surface area contributed by atoms with E-state index in [-0.39, 0.29) is 23.9 Å². The molecule has 136 valence electrons. The highest BCUT2D eigenvalue weighted by atomic mass is 32.1. The first kappa shape index (κ1) is 17.1. The molecule has 2 aromatic rings. The van der Waals surface area contributed by atoms with Crippen molar-refractivity contribution < 1.29 is 23.8 Å². The van der Waals surface area contributed by atoms with Crippen molar-refractivity contribution in [2.75, 3.05) is 5.32 Å². The van der Waals surface area contributed by atoms with Gasteiger partial charge in [-0.1, -0.05) is 0 Å². The molecule has 3 heterocycles. The molecule has 2 saturated heterocycles. The zero-order valence-corrected chi connectivity index (χ0v) is 14.8. The van der Waals surface area contributed by atoms with Gasteiger partial charge in [0.05, 0.1) is 29.7 Å². The number of nitrogens with zero attached hydrogens (tertiary/aromatic N) is 1. The fourth-order valence-electron chi connectivity index (χ4n) is 3.84. The van der Waals surface area contributed by atoms with E-state index in [4.69, 9.17) is 4.74 Å². The molecule has 8 heteroatoms. The Hall–Kier alpha value is -2.32. The van der Waals surface area contributed by atoms with Gasteiger partial charge in [-0.3, -0.25) is 9.59 Å². The lowest BCUT2D eigenvalue weighted by atomic mass is 9.79. The summed E-state index contributed by atoms with van der Waals surface area (Å²) in [7, 11) is 0. The first-order valence-electron chi connectivity index (χ1n) is 8.36. The van der Waals surface area contributed by atoms with E-state index in [0.29, 0.717) is 23.7 Å². The standard InChI is InChI=1S/C18H17FN2O4S/c1-8-15(9-2-4-10(19)5-3-9)20-18(26-8)21-16(22)13-11-6-7-12(25-11)14(13)17(23)24/h2-5,11-14H,6-7H2,1H3,(H,23,24)(H,20,21,22)/t11-,12-,13-,14-/m0/s1. The SMILES string of the molecule is Cc1sc(NC(=O)[C@@H]2[C@@H](C(=O)O)[C@@H]3CC[C@@H]2O3)nc1-c1ccc(F)cc1. The van der Waals surface area contributed by atoms with Crippen molar-refractivity contribution in [3.8, 4) is 11.3 Å². The third-order valence-electron chi connectivity index (χ3n) is 5.01. The van der Waals surface area contributed by atoms with Crippen molar-refractivity contribution >= 4 is 28.3 Å². The number of aromatic nitrogens is 1. The molecule has 2 aliphatic rings. The van der Waals surface area contributed by atoms with Crippen LogP contribution in [-0.2, 0) is 14.3 Å². The molecular formula is C18H17FN2O4S. The Kier molecular flexibility index (Phi) is 4.24. The molecule has 4 rings (SSSR count). The second-order valence-corrected chi connectivity index (χ2v) is 7.80. The molecule has 26 heavy (non-hydrogen) atoms. The number of rotatable bonds is 4. The highest BCUT2D eigenvalue weighted by Crippen LogP contribution is 2.44. The number of ether oxygens (including phenoxy) is 1. The molecule has 1 amide bonds. The minimum atomic E-state index is -1.00. The summed E-state index contributed by atoms with van der Waals surface area (Å²) in [6.45, 7) is 1.87. The summed E-state index contributed by atoms with van der Waals surface area (Å²) in [4.78, 5) is 29.5. The van der Waals surface area contributed by atoms with E-state index < -0.39 is 17.8 Å². The van der Waals surface area contributed by atoms with Gasteiger partial charge in [-0.2, -0.15) is 0 Å². The van der Waals surface area contributed by atoms with Crippen LogP contribution in [0.15, 0.2) is 24.3 Å². The van der Waals surface area contributed by atoms with Gasteiger partial charge in [-0.05, 0) is 44.0 Å². The van der Waals surface area contributed by atoms with Crippen molar-refractivity contribution in [1.82, 2.24) is 4.98 Å². The molecule has 0 unspecified atom stereocenters. The molecule has 0 radical (unpaired) electrons. The Balaban J connectivity index is 1.54. The third kappa shape index (κ3) is 2.89. The van der Waals surface area contributed by atoms with Gasteiger partial charge in [0, 0.05) is 10.4 Å².